The highest BCUT2D eigenvalue weighted by Gasteiger charge is 2.22. The smallest absolute Gasteiger partial charge is 0.323 e. The van der Waals surface area contributed by atoms with Crippen molar-refractivity contribution in [3.8, 4) is 6.01 Å². The summed E-state index contributed by atoms with van der Waals surface area (Å²) in [7, 11) is 0. The lowest BCUT2D eigenvalue weighted by atomic mass is 10.0. The molecule has 1 aromatic heterocycles. The Bertz CT molecular complexity index is 410. The summed E-state index contributed by atoms with van der Waals surface area (Å²) in [6.45, 7) is 9.11. The molecule has 1 unspecified atom stereocenters. The predicted molar refractivity (Wildman–Crippen MR) is 79.2 cm³/mol. The Labute approximate surface area is 120 Å². The molecular formula is C13H25N5O2. The first kappa shape index (κ1) is 16.4. The normalized spacial score (nSPS) is 13.7. The van der Waals surface area contributed by atoms with Gasteiger partial charge in [0, 0.05) is 6.54 Å². The second-order valence-corrected chi connectivity index (χ2v) is 4.82. The first-order valence-corrected chi connectivity index (χ1v) is 7.08. The summed E-state index contributed by atoms with van der Waals surface area (Å²) in [5, 5.41) is 15.7. The molecule has 0 aliphatic rings. The lowest BCUT2D eigenvalue weighted by Crippen LogP contribution is -2.38. The maximum Gasteiger partial charge on any atom is 0.323 e. The van der Waals surface area contributed by atoms with Crippen molar-refractivity contribution in [2.45, 2.75) is 46.1 Å². The van der Waals surface area contributed by atoms with Gasteiger partial charge < -0.3 is 20.5 Å². The van der Waals surface area contributed by atoms with Crippen LogP contribution in [0, 0.1) is 0 Å². The number of hydrogen-bond acceptors (Lipinski definition) is 7. The highest BCUT2D eigenvalue weighted by molar-refractivity contribution is 5.37. The van der Waals surface area contributed by atoms with Crippen molar-refractivity contribution in [1.29, 1.82) is 0 Å². The van der Waals surface area contributed by atoms with Gasteiger partial charge in [0.1, 0.15) is 0 Å². The Kier molecular flexibility index (Phi) is 6.44. The van der Waals surface area contributed by atoms with Gasteiger partial charge in [0.15, 0.2) is 0 Å². The molecule has 0 aliphatic carbocycles. The number of aliphatic hydroxyl groups excluding tert-OH is 1. The van der Waals surface area contributed by atoms with E-state index in [1.807, 2.05) is 20.8 Å². The minimum absolute atomic E-state index is 0.00310. The second kappa shape index (κ2) is 7.84. The number of anilines is 2. The number of hydrogen-bond donors (Lipinski definition) is 3. The zero-order chi connectivity index (χ0) is 15.0. The van der Waals surface area contributed by atoms with Crippen LogP contribution in [0.3, 0.4) is 0 Å². The lowest BCUT2D eigenvalue weighted by molar-refractivity contribution is 0.218. The molecule has 20 heavy (non-hydrogen) atoms. The van der Waals surface area contributed by atoms with E-state index in [9.17, 15) is 5.11 Å². The second-order valence-electron chi connectivity index (χ2n) is 4.82. The monoisotopic (exact) mass is 283 g/mol. The molecule has 0 spiro atoms. The number of aliphatic hydroxyl groups is 1. The molecule has 1 atom stereocenters. The van der Waals surface area contributed by atoms with Crippen LogP contribution in [0.4, 0.5) is 11.9 Å². The van der Waals surface area contributed by atoms with Crippen molar-refractivity contribution in [3.05, 3.63) is 0 Å². The van der Waals surface area contributed by atoms with Crippen LogP contribution in [0.25, 0.3) is 0 Å². The van der Waals surface area contributed by atoms with E-state index in [1.165, 1.54) is 0 Å². The molecule has 0 aromatic carbocycles. The van der Waals surface area contributed by atoms with Gasteiger partial charge in [-0.3, -0.25) is 0 Å². The summed E-state index contributed by atoms with van der Waals surface area (Å²) < 4.78 is 5.34. The number of nitrogens with zero attached hydrogens (tertiary/aromatic N) is 3. The molecule has 0 bridgehead atoms. The van der Waals surface area contributed by atoms with Gasteiger partial charge in [-0.25, -0.2) is 0 Å². The van der Waals surface area contributed by atoms with Gasteiger partial charge in [-0.1, -0.05) is 13.8 Å². The molecular weight excluding hydrogens is 258 g/mol. The van der Waals surface area contributed by atoms with Gasteiger partial charge in [0.25, 0.3) is 0 Å². The van der Waals surface area contributed by atoms with Crippen molar-refractivity contribution < 1.29 is 9.84 Å². The van der Waals surface area contributed by atoms with Crippen LogP contribution in [0.2, 0.25) is 0 Å². The summed E-state index contributed by atoms with van der Waals surface area (Å²) in [6.07, 6.45) is 1.72. The third-order valence-electron chi connectivity index (χ3n) is 2.96. The van der Waals surface area contributed by atoms with Crippen molar-refractivity contribution in [2.24, 2.45) is 0 Å². The van der Waals surface area contributed by atoms with Crippen LogP contribution in [0.1, 0.15) is 40.5 Å². The van der Waals surface area contributed by atoms with Crippen LogP contribution in [-0.4, -0.2) is 45.4 Å². The fraction of sp³-hybridized carbons (Fsp3) is 0.769. The minimum Gasteiger partial charge on any atom is -0.464 e. The Morgan fingerprint density at radius 2 is 1.85 bits per heavy atom. The first-order valence-electron chi connectivity index (χ1n) is 7.08. The SMILES string of the molecule is CCCNc1nc(NC(C)(CC)CO)nc(OCC)n1. The van der Waals surface area contributed by atoms with Crippen LogP contribution in [-0.2, 0) is 0 Å². The van der Waals surface area contributed by atoms with Crippen molar-refractivity contribution >= 4 is 11.9 Å². The van der Waals surface area contributed by atoms with E-state index in [4.69, 9.17) is 4.74 Å². The van der Waals surface area contributed by atoms with Crippen LogP contribution >= 0.6 is 0 Å². The Morgan fingerprint density at radius 3 is 2.40 bits per heavy atom. The van der Waals surface area contributed by atoms with Gasteiger partial charge in [-0.05, 0) is 26.7 Å². The molecule has 1 aromatic rings. The summed E-state index contributed by atoms with van der Waals surface area (Å²) in [6, 6.07) is 0.278. The highest BCUT2D eigenvalue weighted by atomic mass is 16.5. The molecule has 0 radical (unpaired) electrons. The van der Waals surface area contributed by atoms with E-state index >= 15 is 0 Å². The number of nitrogens with one attached hydrogen (secondary N) is 2. The molecule has 0 saturated carbocycles. The molecule has 0 saturated heterocycles. The van der Waals surface area contributed by atoms with Crippen molar-refractivity contribution in [1.82, 2.24) is 15.0 Å². The molecule has 1 rings (SSSR count). The zero-order valence-corrected chi connectivity index (χ0v) is 12.7. The molecule has 0 fully saturated rings. The Balaban J connectivity index is 2.95. The van der Waals surface area contributed by atoms with Gasteiger partial charge in [0.2, 0.25) is 11.9 Å². The summed E-state index contributed by atoms with van der Waals surface area (Å²) in [5.41, 5.74) is -0.465. The third kappa shape index (κ3) is 4.80. The fourth-order valence-electron chi connectivity index (χ4n) is 1.43. The predicted octanol–water partition coefficient (Wildman–Crippen LogP) is 1.67. The maximum atomic E-state index is 9.45. The summed E-state index contributed by atoms with van der Waals surface area (Å²) in [5.74, 6) is 0.879. The molecule has 114 valence electrons. The summed E-state index contributed by atoms with van der Waals surface area (Å²) in [4.78, 5) is 12.7. The fourth-order valence-corrected chi connectivity index (χ4v) is 1.43. The lowest BCUT2D eigenvalue weighted by Gasteiger charge is -2.27. The summed E-state index contributed by atoms with van der Waals surface area (Å²) >= 11 is 0. The Hall–Kier alpha value is -1.63. The number of aromatic nitrogens is 3. The van der Waals surface area contributed by atoms with E-state index < -0.39 is 5.54 Å². The molecule has 1 heterocycles. The average molecular weight is 283 g/mol. The van der Waals surface area contributed by atoms with E-state index in [1.54, 1.807) is 0 Å². The van der Waals surface area contributed by atoms with Gasteiger partial charge in [0.05, 0.1) is 18.8 Å². The standard InChI is InChI=1S/C13H25N5O2/c1-5-8-14-10-15-11(17-12(16-10)20-7-3)18-13(4,6-2)9-19/h19H,5-9H2,1-4H3,(H2,14,15,16,17,18). The van der Waals surface area contributed by atoms with Gasteiger partial charge >= 0.3 is 6.01 Å². The van der Waals surface area contributed by atoms with Gasteiger partial charge in [-0.15, -0.1) is 0 Å². The molecule has 7 nitrogen and oxygen atoms in total. The van der Waals surface area contributed by atoms with Crippen molar-refractivity contribution in [2.75, 3.05) is 30.4 Å². The van der Waals surface area contributed by atoms with E-state index in [2.05, 4.69) is 32.5 Å². The quantitative estimate of drug-likeness (QED) is 0.634. The van der Waals surface area contributed by atoms with Crippen molar-refractivity contribution in [3.63, 3.8) is 0 Å². The minimum atomic E-state index is -0.465. The third-order valence-corrected chi connectivity index (χ3v) is 2.96. The topological polar surface area (TPSA) is 92.2 Å². The molecule has 3 N–H and O–H groups in total. The van der Waals surface area contributed by atoms with E-state index in [-0.39, 0.29) is 12.6 Å². The van der Waals surface area contributed by atoms with Crippen LogP contribution < -0.4 is 15.4 Å². The largest absolute Gasteiger partial charge is 0.464 e. The van der Waals surface area contributed by atoms with Crippen LogP contribution in [0.5, 0.6) is 6.01 Å². The highest BCUT2D eigenvalue weighted by Crippen LogP contribution is 2.18. The first-order chi connectivity index (χ1) is 9.56. The van der Waals surface area contributed by atoms with Crippen LogP contribution in [0.15, 0.2) is 0 Å². The van der Waals surface area contributed by atoms with E-state index in [0.29, 0.717) is 18.5 Å². The number of rotatable bonds is 9. The molecule has 0 amide bonds. The zero-order valence-electron chi connectivity index (χ0n) is 12.7. The maximum absolute atomic E-state index is 9.45. The average Bonchev–Trinajstić information content (AvgIpc) is 2.45. The van der Waals surface area contributed by atoms with Gasteiger partial charge in [-0.2, -0.15) is 15.0 Å². The number of ether oxygens (including phenoxy) is 1. The Morgan fingerprint density at radius 1 is 1.15 bits per heavy atom. The molecule has 7 heteroatoms. The molecule has 0 aliphatic heterocycles. The van der Waals surface area contributed by atoms with E-state index in [0.717, 1.165) is 19.4 Å².